The molecule has 0 spiro atoms. The summed E-state index contributed by atoms with van der Waals surface area (Å²) < 4.78 is 16.5. The van der Waals surface area contributed by atoms with Crippen LogP contribution in [0.3, 0.4) is 0 Å². The van der Waals surface area contributed by atoms with Gasteiger partial charge in [-0.05, 0) is 54.4 Å². The number of amides is 1. The van der Waals surface area contributed by atoms with Crippen LogP contribution >= 0.6 is 0 Å². The molecule has 0 aliphatic carbocycles. The van der Waals surface area contributed by atoms with Gasteiger partial charge in [0.05, 0.1) is 7.11 Å². The number of hydrogen-bond donors (Lipinski definition) is 1. The molecule has 4 aromatic rings. The Labute approximate surface area is 186 Å². The van der Waals surface area contributed by atoms with Crippen molar-refractivity contribution in [3.63, 3.8) is 0 Å². The second-order valence-corrected chi connectivity index (χ2v) is 7.17. The van der Waals surface area contributed by atoms with Crippen molar-refractivity contribution in [3.05, 3.63) is 95.3 Å². The first-order valence-electron chi connectivity index (χ1n) is 10.1. The van der Waals surface area contributed by atoms with Crippen LogP contribution in [-0.4, -0.2) is 23.2 Å². The fourth-order valence-electron chi connectivity index (χ4n) is 3.14. The molecule has 162 valence electrons. The minimum Gasteiger partial charge on any atom is -0.493 e. The largest absolute Gasteiger partial charge is 0.493 e. The summed E-state index contributed by atoms with van der Waals surface area (Å²) in [7, 11) is 1.60. The van der Waals surface area contributed by atoms with Gasteiger partial charge in [-0.1, -0.05) is 41.6 Å². The number of carbonyl (C=O) groups excluding carboxylic acids is 1. The maximum absolute atomic E-state index is 12.5. The Morgan fingerprint density at radius 2 is 1.75 bits per heavy atom. The van der Waals surface area contributed by atoms with Crippen LogP contribution in [0.15, 0.2) is 77.3 Å². The number of nitrogens with one attached hydrogen (secondary N) is 1. The number of aromatic nitrogens is 2. The van der Waals surface area contributed by atoms with E-state index >= 15 is 0 Å². The number of benzene rings is 3. The summed E-state index contributed by atoms with van der Waals surface area (Å²) in [6.45, 7) is 2.57. The Hall–Kier alpha value is -4.13. The zero-order chi connectivity index (χ0) is 22.3. The van der Waals surface area contributed by atoms with Gasteiger partial charge >= 0.3 is 0 Å². The van der Waals surface area contributed by atoms with Crippen molar-refractivity contribution in [2.24, 2.45) is 0 Å². The van der Waals surface area contributed by atoms with Gasteiger partial charge in [-0.3, -0.25) is 4.79 Å². The number of hydrogen-bond acceptors (Lipinski definition) is 6. The van der Waals surface area contributed by atoms with E-state index in [0.29, 0.717) is 41.9 Å². The lowest BCUT2D eigenvalue weighted by Gasteiger charge is -2.13. The average molecular weight is 429 g/mol. The molecule has 32 heavy (non-hydrogen) atoms. The van der Waals surface area contributed by atoms with Crippen molar-refractivity contribution >= 4 is 5.91 Å². The standard InChI is InChI=1S/C25H23N3O4/c1-17-27-25(32-28-17)21-11-9-20(10-12-21)24(29)26-15-19-8-13-22(23(14-19)30-2)31-16-18-6-4-3-5-7-18/h3-14H,15-16H2,1-2H3,(H,26,29). The molecule has 1 aromatic heterocycles. The molecule has 0 fully saturated rings. The minimum atomic E-state index is -0.179. The van der Waals surface area contributed by atoms with E-state index in [1.807, 2.05) is 48.5 Å². The maximum atomic E-state index is 12.5. The molecule has 0 bridgehead atoms. The van der Waals surface area contributed by atoms with Crippen molar-refractivity contribution in [1.82, 2.24) is 15.5 Å². The molecular weight excluding hydrogens is 406 g/mol. The lowest BCUT2D eigenvalue weighted by Crippen LogP contribution is -2.22. The van der Waals surface area contributed by atoms with Crippen LogP contribution in [0, 0.1) is 6.92 Å². The SMILES string of the molecule is COc1cc(CNC(=O)c2ccc(-c3nc(C)no3)cc2)ccc1OCc1ccccc1. The van der Waals surface area contributed by atoms with Gasteiger partial charge in [0, 0.05) is 17.7 Å². The zero-order valence-electron chi connectivity index (χ0n) is 17.9. The molecule has 0 saturated heterocycles. The van der Waals surface area contributed by atoms with E-state index in [0.717, 1.165) is 16.7 Å². The highest BCUT2D eigenvalue weighted by atomic mass is 16.5. The van der Waals surface area contributed by atoms with E-state index in [9.17, 15) is 4.79 Å². The molecule has 4 rings (SSSR count). The van der Waals surface area contributed by atoms with Gasteiger partial charge in [0.2, 0.25) is 0 Å². The maximum Gasteiger partial charge on any atom is 0.257 e. The highest BCUT2D eigenvalue weighted by Crippen LogP contribution is 2.29. The normalized spacial score (nSPS) is 10.6. The third-order valence-electron chi connectivity index (χ3n) is 4.84. The molecule has 0 saturated carbocycles. The van der Waals surface area contributed by atoms with Gasteiger partial charge in [0.1, 0.15) is 6.61 Å². The summed E-state index contributed by atoms with van der Waals surface area (Å²) in [6, 6.07) is 22.6. The molecular formula is C25H23N3O4. The number of rotatable bonds is 8. The van der Waals surface area contributed by atoms with Gasteiger partial charge < -0.3 is 19.3 Å². The van der Waals surface area contributed by atoms with Gasteiger partial charge in [-0.25, -0.2) is 0 Å². The van der Waals surface area contributed by atoms with Gasteiger partial charge in [0.25, 0.3) is 11.8 Å². The summed E-state index contributed by atoms with van der Waals surface area (Å²) >= 11 is 0. The first-order chi connectivity index (χ1) is 15.6. The Morgan fingerprint density at radius 1 is 0.969 bits per heavy atom. The van der Waals surface area contributed by atoms with Crippen LogP contribution in [0.5, 0.6) is 11.5 Å². The number of nitrogens with zero attached hydrogens (tertiary/aromatic N) is 2. The van der Waals surface area contributed by atoms with Crippen molar-refractivity contribution in [2.45, 2.75) is 20.1 Å². The van der Waals surface area contributed by atoms with Crippen molar-refractivity contribution < 1.29 is 18.8 Å². The van der Waals surface area contributed by atoms with Crippen molar-refractivity contribution in [3.8, 4) is 23.0 Å². The predicted octanol–water partition coefficient (Wildman–Crippen LogP) is 4.56. The van der Waals surface area contributed by atoms with E-state index in [2.05, 4.69) is 15.5 Å². The van der Waals surface area contributed by atoms with Crippen LogP contribution < -0.4 is 14.8 Å². The van der Waals surface area contributed by atoms with E-state index in [1.165, 1.54) is 0 Å². The fourth-order valence-corrected chi connectivity index (χ4v) is 3.14. The summed E-state index contributed by atoms with van der Waals surface area (Å²) in [5.41, 5.74) is 3.28. The molecule has 0 unspecified atom stereocenters. The Kier molecular flexibility index (Phi) is 6.46. The van der Waals surface area contributed by atoms with Gasteiger partial charge in [-0.15, -0.1) is 0 Å². The monoisotopic (exact) mass is 429 g/mol. The molecule has 0 aliphatic heterocycles. The van der Waals surface area contributed by atoms with Crippen LogP contribution in [0.1, 0.15) is 27.3 Å². The molecule has 1 N–H and O–H groups in total. The Balaban J connectivity index is 1.36. The number of aryl methyl sites for hydroxylation is 1. The smallest absolute Gasteiger partial charge is 0.257 e. The first kappa shape index (κ1) is 21.1. The molecule has 7 heteroatoms. The second kappa shape index (κ2) is 9.78. The predicted molar refractivity (Wildman–Crippen MR) is 119 cm³/mol. The van der Waals surface area contributed by atoms with E-state index in [-0.39, 0.29) is 5.91 Å². The number of methoxy groups -OCH3 is 1. The summed E-state index contributed by atoms with van der Waals surface area (Å²) in [6.07, 6.45) is 0. The Bertz CT molecular complexity index is 1190. The minimum absolute atomic E-state index is 0.179. The van der Waals surface area contributed by atoms with Crippen molar-refractivity contribution in [2.75, 3.05) is 7.11 Å². The molecule has 0 aliphatic rings. The zero-order valence-corrected chi connectivity index (χ0v) is 17.9. The third kappa shape index (κ3) is 5.13. The van der Waals surface area contributed by atoms with Gasteiger partial charge in [0.15, 0.2) is 17.3 Å². The van der Waals surface area contributed by atoms with Crippen LogP contribution in [-0.2, 0) is 13.2 Å². The Morgan fingerprint density at radius 3 is 2.44 bits per heavy atom. The molecule has 1 amide bonds. The number of carbonyl (C=O) groups is 1. The summed E-state index contributed by atoms with van der Waals surface area (Å²) in [5, 5.41) is 6.70. The highest BCUT2D eigenvalue weighted by Gasteiger charge is 2.11. The van der Waals surface area contributed by atoms with Crippen LogP contribution in [0.2, 0.25) is 0 Å². The fraction of sp³-hybridized carbons (Fsp3) is 0.160. The van der Waals surface area contributed by atoms with E-state index < -0.39 is 0 Å². The highest BCUT2D eigenvalue weighted by molar-refractivity contribution is 5.94. The lowest BCUT2D eigenvalue weighted by molar-refractivity contribution is 0.0951. The molecule has 1 heterocycles. The molecule has 7 nitrogen and oxygen atoms in total. The second-order valence-electron chi connectivity index (χ2n) is 7.17. The summed E-state index contributed by atoms with van der Waals surface area (Å²) in [5.74, 6) is 2.08. The van der Waals surface area contributed by atoms with Crippen LogP contribution in [0.4, 0.5) is 0 Å². The molecule has 3 aromatic carbocycles. The third-order valence-corrected chi connectivity index (χ3v) is 4.84. The van der Waals surface area contributed by atoms with E-state index in [4.69, 9.17) is 14.0 Å². The quantitative estimate of drug-likeness (QED) is 0.442. The average Bonchev–Trinajstić information content (AvgIpc) is 3.28. The molecule has 0 radical (unpaired) electrons. The topological polar surface area (TPSA) is 86.5 Å². The number of ether oxygens (including phenoxy) is 2. The summed E-state index contributed by atoms with van der Waals surface area (Å²) in [4.78, 5) is 16.7. The molecule has 0 atom stereocenters. The van der Waals surface area contributed by atoms with Crippen molar-refractivity contribution in [1.29, 1.82) is 0 Å². The van der Waals surface area contributed by atoms with E-state index in [1.54, 1.807) is 38.3 Å². The lowest BCUT2D eigenvalue weighted by atomic mass is 10.1. The van der Waals surface area contributed by atoms with Gasteiger partial charge in [-0.2, -0.15) is 4.98 Å². The first-order valence-corrected chi connectivity index (χ1v) is 10.1. The van der Waals surface area contributed by atoms with Crippen LogP contribution in [0.25, 0.3) is 11.5 Å².